The van der Waals surface area contributed by atoms with Crippen molar-refractivity contribution in [2.24, 2.45) is 0 Å². The van der Waals surface area contributed by atoms with E-state index in [9.17, 15) is 4.79 Å². The molecule has 2 heterocycles. The molecule has 0 bridgehead atoms. The first-order valence-corrected chi connectivity index (χ1v) is 10.1. The van der Waals surface area contributed by atoms with Gasteiger partial charge in [0.05, 0.1) is 24.1 Å². The average Bonchev–Trinajstić information content (AvgIpc) is 2.96. The number of hydrogen-bond acceptors (Lipinski definition) is 4. The van der Waals surface area contributed by atoms with Crippen molar-refractivity contribution in [2.45, 2.75) is 64.1 Å². The highest BCUT2D eigenvalue weighted by Gasteiger charge is 2.20. The molecule has 144 valence electrons. The van der Waals surface area contributed by atoms with Crippen LogP contribution in [0.3, 0.4) is 0 Å². The molecule has 1 aromatic carbocycles. The Balaban J connectivity index is 1.56. The molecular formula is C21H32N2O3. The van der Waals surface area contributed by atoms with Gasteiger partial charge in [-0.15, -0.1) is 0 Å². The number of benzene rings is 1. The van der Waals surface area contributed by atoms with Crippen LogP contribution in [0, 0.1) is 0 Å². The van der Waals surface area contributed by atoms with Gasteiger partial charge < -0.3 is 19.7 Å². The summed E-state index contributed by atoms with van der Waals surface area (Å²) in [4.78, 5) is 15.0. The Morgan fingerprint density at radius 3 is 2.69 bits per heavy atom. The van der Waals surface area contributed by atoms with Crippen molar-refractivity contribution in [1.82, 2.24) is 0 Å². The zero-order chi connectivity index (χ0) is 18.2. The van der Waals surface area contributed by atoms with Crippen LogP contribution in [0.2, 0.25) is 0 Å². The summed E-state index contributed by atoms with van der Waals surface area (Å²) < 4.78 is 11.4. The predicted molar refractivity (Wildman–Crippen MR) is 105 cm³/mol. The van der Waals surface area contributed by atoms with Crippen LogP contribution in [-0.4, -0.2) is 44.4 Å². The lowest BCUT2D eigenvalue weighted by atomic mass is 10.1. The molecule has 1 N–H and O–H groups in total. The molecule has 0 saturated carbocycles. The third-order valence-corrected chi connectivity index (χ3v) is 5.28. The molecule has 2 aliphatic heterocycles. The predicted octanol–water partition coefficient (Wildman–Crippen LogP) is 3.98. The second-order valence-corrected chi connectivity index (χ2v) is 7.37. The molecule has 2 atom stereocenters. The number of rotatable bonds is 6. The molecule has 0 aliphatic carbocycles. The van der Waals surface area contributed by atoms with Crippen molar-refractivity contribution >= 4 is 17.3 Å². The number of anilines is 2. The van der Waals surface area contributed by atoms with E-state index >= 15 is 0 Å². The van der Waals surface area contributed by atoms with Crippen molar-refractivity contribution in [3.05, 3.63) is 24.3 Å². The van der Waals surface area contributed by atoms with E-state index in [1.807, 2.05) is 25.1 Å². The van der Waals surface area contributed by atoms with Gasteiger partial charge in [-0.2, -0.15) is 0 Å². The van der Waals surface area contributed by atoms with Gasteiger partial charge in [0.15, 0.2) is 0 Å². The quantitative estimate of drug-likeness (QED) is 0.834. The van der Waals surface area contributed by atoms with Gasteiger partial charge in [-0.1, -0.05) is 25.0 Å². The van der Waals surface area contributed by atoms with E-state index < -0.39 is 6.10 Å². The van der Waals surface area contributed by atoms with Crippen LogP contribution in [0.4, 0.5) is 11.4 Å². The molecule has 1 aromatic rings. The van der Waals surface area contributed by atoms with Gasteiger partial charge in [0.25, 0.3) is 5.91 Å². The maximum absolute atomic E-state index is 12.6. The van der Waals surface area contributed by atoms with Gasteiger partial charge >= 0.3 is 0 Å². The fourth-order valence-electron chi connectivity index (χ4n) is 3.67. The van der Waals surface area contributed by atoms with Crippen molar-refractivity contribution in [1.29, 1.82) is 0 Å². The van der Waals surface area contributed by atoms with E-state index in [1.165, 1.54) is 32.1 Å². The van der Waals surface area contributed by atoms with E-state index in [-0.39, 0.29) is 12.0 Å². The molecule has 2 fully saturated rings. The number of hydrogen-bond donors (Lipinski definition) is 1. The number of para-hydroxylation sites is 2. The van der Waals surface area contributed by atoms with Crippen molar-refractivity contribution in [2.75, 3.05) is 36.5 Å². The van der Waals surface area contributed by atoms with Crippen molar-refractivity contribution in [3.63, 3.8) is 0 Å². The first-order valence-electron chi connectivity index (χ1n) is 10.1. The Bertz CT molecular complexity index is 564. The van der Waals surface area contributed by atoms with Crippen LogP contribution < -0.4 is 10.2 Å². The van der Waals surface area contributed by atoms with Gasteiger partial charge in [0.2, 0.25) is 0 Å². The smallest absolute Gasteiger partial charge is 0.253 e. The van der Waals surface area contributed by atoms with E-state index in [0.29, 0.717) is 6.61 Å². The molecule has 2 saturated heterocycles. The first kappa shape index (κ1) is 19.2. The van der Waals surface area contributed by atoms with E-state index in [0.717, 1.165) is 43.9 Å². The van der Waals surface area contributed by atoms with Crippen LogP contribution in [0.5, 0.6) is 0 Å². The Morgan fingerprint density at radius 2 is 1.96 bits per heavy atom. The van der Waals surface area contributed by atoms with E-state index in [2.05, 4.69) is 16.3 Å². The molecule has 2 aliphatic rings. The highest BCUT2D eigenvalue weighted by atomic mass is 16.5. The lowest BCUT2D eigenvalue weighted by Gasteiger charge is -2.26. The van der Waals surface area contributed by atoms with Crippen LogP contribution in [0.15, 0.2) is 24.3 Å². The summed E-state index contributed by atoms with van der Waals surface area (Å²) in [6.07, 6.45) is 7.97. The first-order chi connectivity index (χ1) is 12.7. The second kappa shape index (κ2) is 9.93. The number of carbonyl (C=O) groups excluding carboxylic acids is 1. The lowest BCUT2D eigenvalue weighted by molar-refractivity contribution is -0.130. The standard InChI is InChI=1S/C21H32N2O3/c1-17(26-16-18-10-6-9-15-25-18)21(24)22-19-11-4-5-12-20(19)23-13-7-2-3-8-14-23/h4-5,11-12,17-18H,2-3,6-10,13-16H2,1H3,(H,22,24)/t17-,18+/m1/s1. The fourth-order valence-corrected chi connectivity index (χ4v) is 3.67. The van der Waals surface area contributed by atoms with Gasteiger partial charge in [-0.3, -0.25) is 4.79 Å². The number of amides is 1. The minimum Gasteiger partial charge on any atom is -0.376 e. The Hall–Kier alpha value is -1.59. The van der Waals surface area contributed by atoms with E-state index in [1.54, 1.807) is 0 Å². The van der Waals surface area contributed by atoms with Gasteiger partial charge in [0.1, 0.15) is 6.10 Å². The number of nitrogens with zero attached hydrogens (tertiary/aromatic N) is 1. The molecule has 5 nitrogen and oxygen atoms in total. The molecule has 0 spiro atoms. The molecule has 1 amide bonds. The summed E-state index contributed by atoms with van der Waals surface area (Å²) in [6.45, 7) is 5.21. The summed E-state index contributed by atoms with van der Waals surface area (Å²) >= 11 is 0. The molecular weight excluding hydrogens is 328 g/mol. The normalized spacial score (nSPS) is 22.5. The minimum atomic E-state index is -0.488. The maximum atomic E-state index is 12.6. The van der Waals surface area contributed by atoms with Crippen LogP contribution >= 0.6 is 0 Å². The average molecular weight is 360 g/mol. The Labute approximate surface area is 157 Å². The summed E-state index contributed by atoms with van der Waals surface area (Å²) in [5.41, 5.74) is 1.99. The Morgan fingerprint density at radius 1 is 1.19 bits per heavy atom. The zero-order valence-electron chi connectivity index (χ0n) is 15.9. The summed E-state index contributed by atoms with van der Waals surface area (Å²) in [6, 6.07) is 8.09. The fraction of sp³-hybridized carbons (Fsp3) is 0.667. The van der Waals surface area contributed by atoms with Crippen LogP contribution in [0.1, 0.15) is 51.9 Å². The summed E-state index contributed by atoms with van der Waals surface area (Å²) in [7, 11) is 0. The number of carbonyl (C=O) groups is 1. The Kier molecular flexibility index (Phi) is 7.32. The third kappa shape index (κ3) is 5.45. The SMILES string of the molecule is C[C@@H](OC[C@@H]1CCCCO1)C(=O)Nc1ccccc1N1CCCCCC1. The highest BCUT2D eigenvalue weighted by Crippen LogP contribution is 2.28. The molecule has 5 heteroatoms. The molecule has 26 heavy (non-hydrogen) atoms. The van der Waals surface area contributed by atoms with Gasteiger partial charge in [-0.05, 0) is 51.2 Å². The topological polar surface area (TPSA) is 50.8 Å². The number of ether oxygens (including phenoxy) is 2. The van der Waals surface area contributed by atoms with Gasteiger partial charge in [-0.25, -0.2) is 0 Å². The van der Waals surface area contributed by atoms with Crippen molar-refractivity contribution < 1.29 is 14.3 Å². The van der Waals surface area contributed by atoms with Gasteiger partial charge in [0, 0.05) is 19.7 Å². The summed E-state index contributed by atoms with van der Waals surface area (Å²) in [5.74, 6) is -0.0944. The summed E-state index contributed by atoms with van der Waals surface area (Å²) in [5, 5.41) is 3.07. The minimum absolute atomic E-state index is 0.0944. The lowest BCUT2D eigenvalue weighted by Crippen LogP contribution is -2.33. The highest BCUT2D eigenvalue weighted by molar-refractivity contribution is 5.97. The largest absolute Gasteiger partial charge is 0.376 e. The second-order valence-electron chi connectivity index (χ2n) is 7.37. The van der Waals surface area contributed by atoms with Crippen LogP contribution in [0.25, 0.3) is 0 Å². The van der Waals surface area contributed by atoms with Crippen molar-refractivity contribution in [3.8, 4) is 0 Å². The maximum Gasteiger partial charge on any atom is 0.253 e. The monoisotopic (exact) mass is 360 g/mol. The molecule has 0 aromatic heterocycles. The van der Waals surface area contributed by atoms with Crippen LogP contribution in [-0.2, 0) is 14.3 Å². The molecule has 0 radical (unpaired) electrons. The van der Waals surface area contributed by atoms with E-state index in [4.69, 9.17) is 9.47 Å². The third-order valence-electron chi connectivity index (χ3n) is 5.28. The molecule has 3 rings (SSSR count). The number of nitrogens with one attached hydrogen (secondary N) is 1. The molecule has 0 unspecified atom stereocenters. The zero-order valence-corrected chi connectivity index (χ0v) is 15.9.